The third-order valence-corrected chi connectivity index (χ3v) is 9.08. The minimum atomic E-state index is -1.25. The van der Waals surface area contributed by atoms with Crippen LogP contribution in [0.15, 0.2) is 0 Å². The fourth-order valence-electron chi connectivity index (χ4n) is 6.15. The van der Waals surface area contributed by atoms with Gasteiger partial charge < -0.3 is 45.9 Å². The van der Waals surface area contributed by atoms with Crippen molar-refractivity contribution in [3.05, 3.63) is 0 Å². The molecule has 1 atom stereocenters. The number of carboxylic acids is 4. The molecule has 5 amide bonds. The molecule has 0 aromatic carbocycles. The van der Waals surface area contributed by atoms with E-state index in [0.29, 0.717) is 0 Å². The minimum Gasteiger partial charge on any atom is -0.480 e. The molecule has 1 aliphatic rings. The highest BCUT2D eigenvalue weighted by Crippen LogP contribution is 2.11. The summed E-state index contributed by atoms with van der Waals surface area (Å²) in [5, 5.41) is 46.7. The molecule has 9 N–H and O–H groups in total. The summed E-state index contributed by atoms with van der Waals surface area (Å²) in [5.41, 5.74) is 2.45. The van der Waals surface area contributed by atoms with Gasteiger partial charge in [-0.2, -0.15) is 11.0 Å². The van der Waals surface area contributed by atoms with Crippen LogP contribution in [0.2, 0.25) is 0 Å². The Kier molecular flexibility index (Phi) is 27.2. The molecule has 0 aliphatic carbocycles. The molecule has 0 radical (unpaired) electrons. The maximum Gasteiger partial charge on any atom is 0.431 e. The number of carboxylic acid groups (broad SMARTS) is 4. The topological polar surface area (TPSA) is 348 Å². The van der Waals surface area contributed by atoms with Gasteiger partial charge in [-0.1, -0.05) is 0 Å². The lowest BCUT2D eigenvalue weighted by molar-refractivity contribution is -0.145. The second-order valence-electron chi connectivity index (χ2n) is 17.1. The van der Waals surface area contributed by atoms with Gasteiger partial charge in [-0.25, -0.2) is 9.59 Å². The van der Waals surface area contributed by atoms with Crippen LogP contribution in [0, 0.1) is 0 Å². The summed E-state index contributed by atoms with van der Waals surface area (Å²) in [4.78, 5) is 127. The molecule has 1 rings (SSSR count). The number of rotatable bonds is 26. The zero-order valence-electron chi connectivity index (χ0n) is 38.8. The Bertz CT molecular complexity index is 1510. The third kappa shape index (κ3) is 30.6. The van der Waals surface area contributed by atoms with Crippen molar-refractivity contribution in [2.45, 2.75) is 71.6 Å². The first-order valence-electron chi connectivity index (χ1n) is 21.3. The predicted molar refractivity (Wildman–Crippen MR) is 231 cm³/mol. The lowest BCUT2D eigenvalue weighted by Gasteiger charge is -2.35. The van der Waals surface area contributed by atoms with Gasteiger partial charge in [0.15, 0.2) is 13.2 Å². The fourth-order valence-corrected chi connectivity index (χ4v) is 6.15. The van der Waals surface area contributed by atoms with Gasteiger partial charge >= 0.3 is 36.1 Å². The van der Waals surface area contributed by atoms with Crippen molar-refractivity contribution in [1.29, 1.82) is 0 Å². The van der Waals surface area contributed by atoms with E-state index in [4.69, 9.17) is 19.1 Å². The number of nitrogens with zero attached hydrogens (tertiary/aromatic N) is 5. The summed E-state index contributed by atoms with van der Waals surface area (Å²) < 4.78 is 10.1. The maximum absolute atomic E-state index is 13.1. The highest BCUT2D eigenvalue weighted by molar-refractivity contribution is 5.79. The number of carbonyl (C=O) groups excluding carboxylic acids is 5. The zero-order chi connectivity index (χ0) is 49.9. The molecule has 0 saturated carbocycles. The Morgan fingerprint density at radius 1 is 0.530 bits per heavy atom. The van der Waals surface area contributed by atoms with E-state index in [1.165, 1.54) is 0 Å². The molecule has 0 spiro atoms. The lowest BCUT2D eigenvalue weighted by Crippen LogP contribution is -2.52. The molecular weight excluding hydrogens is 880 g/mol. The van der Waals surface area contributed by atoms with Crippen molar-refractivity contribution >= 4 is 53.8 Å². The van der Waals surface area contributed by atoms with Crippen molar-refractivity contribution in [3.63, 3.8) is 0 Å². The van der Waals surface area contributed by atoms with Crippen LogP contribution >= 0.6 is 0 Å². The third-order valence-electron chi connectivity index (χ3n) is 9.08. The van der Waals surface area contributed by atoms with E-state index < -0.39 is 84.2 Å². The SMILES string of the molecule is CC(C)(C)OC(=O)NOCC(=O)NCCN(CCNC(=O)CCC(C(=O)O)N1CCN(CC(=O)O)CCN(CC(=O)O)CCN(CC(=O)O)CC1)CCNC(=O)CONC(=O)OC(C)(C)C. The van der Waals surface area contributed by atoms with Crippen molar-refractivity contribution in [1.82, 2.24) is 51.4 Å². The molecule has 27 heteroatoms. The highest BCUT2D eigenvalue weighted by Gasteiger charge is 2.29. The van der Waals surface area contributed by atoms with Crippen molar-refractivity contribution < 1.29 is 82.7 Å². The van der Waals surface area contributed by atoms with E-state index in [-0.39, 0.29) is 124 Å². The summed E-state index contributed by atoms with van der Waals surface area (Å²) in [6, 6.07) is -1.21. The standard InChI is InChI=1S/C39H70N10O17/c1-38(2,3)65-36(61)43-63-26-30(51)41-10-13-45(14-11-42-31(52)27-64-44-37(62)66-39(4,5)6)12-9-40-29(50)8-7-28(35(59)60)49-21-19-47(24-33(55)56)17-15-46(23-32(53)54)16-18-48(20-22-49)25-34(57)58/h28H,7-27H2,1-6H3,(H,40,50)(H,41,51)(H,42,52)(H,43,61)(H,44,62)(H,53,54)(H,55,56)(H,57,58)(H,59,60). The van der Waals surface area contributed by atoms with Gasteiger partial charge in [0, 0.05) is 98.0 Å². The average Bonchev–Trinajstić information content (AvgIpc) is 3.16. The number of hydroxylamine groups is 2. The summed E-state index contributed by atoms with van der Waals surface area (Å²) in [7, 11) is 0. The Labute approximate surface area is 383 Å². The normalized spacial score (nSPS) is 15.6. The summed E-state index contributed by atoms with van der Waals surface area (Å²) >= 11 is 0. The molecule has 66 heavy (non-hydrogen) atoms. The molecule has 1 unspecified atom stereocenters. The molecule has 0 bridgehead atoms. The van der Waals surface area contributed by atoms with Gasteiger partial charge in [0.25, 0.3) is 0 Å². The molecule has 0 aromatic rings. The van der Waals surface area contributed by atoms with Crippen LogP contribution in [0.1, 0.15) is 54.4 Å². The molecule has 378 valence electrons. The van der Waals surface area contributed by atoms with E-state index in [0.717, 1.165) is 0 Å². The van der Waals surface area contributed by atoms with Crippen LogP contribution in [-0.4, -0.2) is 240 Å². The van der Waals surface area contributed by atoms with Crippen LogP contribution in [0.25, 0.3) is 0 Å². The van der Waals surface area contributed by atoms with Crippen molar-refractivity contribution in [2.75, 3.05) is 124 Å². The van der Waals surface area contributed by atoms with Crippen molar-refractivity contribution in [2.24, 2.45) is 0 Å². The first-order chi connectivity index (χ1) is 30.8. The highest BCUT2D eigenvalue weighted by atomic mass is 16.7. The van der Waals surface area contributed by atoms with Gasteiger partial charge in [-0.05, 0) is 48.0 Å². The zero-order valence-corrected chi connectivity index (χ0v) is 38.8. The molecule has 1 aliphatic heterocycles. The quantitative estimate of drug-likeness (QED) is 0.0397. The average molecular weight is 951 g/mol. The van der Waals surface area contributed by atoms with E-state index in [2.05, 4.69) is 16.0 Å². The molecular formula is C39H70N10O17. The van der Waals surface area contributed by atoms with Crippen LogP contribution in [0.5, 0.6) is 0 Å². The number of carbonyl (C=O) groups is 9. The first kappa shape index (κ1) is 58.6. The lowest BCUT2D eigenvalue weighted by atomic mass is 10.1. The van der Waals surface area contributed by atoms with Crippen LogP contribution in [-0.2, 0) is 52.7 Å². The van der Waals surface area contributed by atoms with Crippen molar-refractivity contribution in [3.8, 4) is 0 Å². The Balaban J connectivity index is 2.93. The van der Waals surface area contributed by atoms with E-state index >= 15 is 0 Å². The van der Waals surface area contributed by atoms with Crippen LogP contribution in [0.4, 0.5) is 9.59 Å². The maximum atomic E-state index is 13.1. The van der Waals surface area contributed by atoms with Gasteiger partial charge in [0.05, 0.1) is 19.6 Å². The fraction of sp³-hybridized carbons (Fsp3) is 0.769. The molecule has 0 aromatic heterocycles. The monoisotopic (exact) mass is 950 g/mol. The Morgan fingerprint density at radius 3 is 1.18 bits per heavy atom. The van der Waals surface area contributed by atoms with Gasteiger partial charge in [-0.15, -0.1) is 0 Å². The van der Waals surface area contributed by atoms with E-state index in [1.54, 1.807) is 66.0 Å². The summed E-state index contributed by atoms with van der Waals surface area (Å²) in [5.74, 6) is -6.24. The van der Waals surface area contributed by atoms with Crippen LogP contribution in [0.3, 0.4) is 0 Å². The van der Waals surface area contributed by atoms with E-state index in [1.807, 2.05) is 11.0 Å². The Morgan fingerprint density at radius 2 is 0.864 bits per heavy atom. The van der Waals surface area contributed by atoms with Crippen LogP contribution < -0.4 is 26.9 Å². The minimum absolute atomic E-state index is 0.0481. The Hall–Kier alpha value is -5.45. The molecule has 1 saturated heterocycles. The largest absolute Gasteiger partial charge is 0.480 e. The number of aliphatic carboxylic acids is 4. The number of hydrogen-bond acceptors (Lipinski definition) is 18. The second-order valence-corrected chi connectivity index (χ2v) is 17.1. The number of ether oxygens (including phenoxy) is 2. The second kappa shape index (κ2) is 30.7. The number of hydrogen-bond donors (Lipinski definition) is 9. The summed E-state index contributed by atoms with van der Waals surface area (Å²) in [6.07, 6.45) is -2.14. The summed E-state index contributed by atoms with van der Waals surface area (Å²) in [6.45, 7) is 9.55. The predicted octanol–water partition coefficient (Wildman–Crippen LogP) is -2.74. The van der Waals surface area contributed by atoms with Gasteiger partial charge in [0.1, 0.15) is 17.2 Å². The molecule has 1 heterocycles. The number of amides is 5. The first-order valence-corrected chi connectivity index (χ1v) is 21.3. The number of nitrogens with one attached hydrogen (secondary N) is 5. The molecule has 1 fully saturated rings. The molecule has 27 nitrogen and oxygen atoms in total. The van der Waals surface area contributed by atoms with Gasteiger partial charge in [-0.3, -0.25) is 67.7 Å². The van der Waals surface area contributed by atoms with Gasteiger partial charge in [0.2, 0.25) is 17.7 Å². The smallest absolute Gasteiger partial charge is 0.431 e. The van der Waals surface area contributed by atoms with E-state index in [9.17, 15) is 63.6 Å².